The molecule has 2 aliphatic carbocycles. The van der Waals surface area contributed by atoms with Gasteiger partial charge in [-0.15, -0.1) is 0 Å². The SMILES string of the molecule is O=C1C/C(=C\c2cnn3c(NC4CC4)nc(NC4CCC4)nc23)C(=O)N1. The zero-order valence-electron chi connectivity index (χ0n) is 14.2. The maximum absolute atomic E-state index is 11.8. The summed E-state index contributed by atoms with van der Waals surface area (Å²) in [6.45, 7) is 0. The van der Waals surface area contributed by atoms with E-state index in [0.29, 0.717) is 40.8 Å². The van der Waals surface area contributed by atoms with Gasteiger partial charge in [0.2, 0.25) is 17.8 Å². The van der Waals surface area contributed by atoms with Crippen molar-refractivity contribution in [1.82, 2.24) is 24.9 Å². The molecule has 0 unspecified atom stereocenters. The van der Waals surface area contributed by atoms with E-state index in [1.54, 1.807) is 16.8 Å². The molecule has 0 bridgehead atoms. The van der Waals surface area contributed by atoms with Crippen LogP contribution in [0.5, 0.6) is 0 Å². The van der Waals surface area contributed by atoms with Gasteiger partial charge < -0.3 is 10.6 Å². The normalized spacial score (nSPS) is 21.9. The molecule has 3 fully saturated rings. The third-order valence-electron chi connectivity index (χ3n) is 4.97. The summed E-state index contributed by atoms with van der Waals surface area (Å²) < 4.78 is 1.66. The van der Waals surface area contributed by atoms with Crippen LogP contribution in [0, 0.1) is 0 Å². The summed E-state index contributed by atoms with van der Waals surface area (Å²) in [4.78, 5) is 32.5. The zero-order valence-corrected chi connectivity index (χ0v) is 14.2. The lowest BCUT2D eigenvalue weighted by Crippen LogP contribution is -2.28. The first-order chi connectivity index (χ1) is 12.7. The molecule has 3 aliphatic rings. The summed E-state index contributed by atoms with van der Waals surface area (Å²) in [6.07, 6.45) is 9.13. The van der Waals surface area contributed by atoms with Crippen molar-refractivity contribution in [1.29, 1.82) is 0 Å². The third-order valence-corrected chi connectivity index (χ3v) is 4.97. The highest BCUT2D eigenvalue weighted by Crippen LogP contribution is 2.27. The number of anilines is 2. The van der Waals surface area contributed by atoms with E-state index >= 15 is 0 Å². The van der Waals surface area contributed by atoms with Crippen molar-refractivity contribution >= 4 is 35.4 Å². The van der Waals surface area contributed by atoms with Crippen LogP contribution in [0.2, 0.25) is 0 Å². The molecule has 5 rings (SSSR count). The Labute approximate surface area is 149 Å². The first kappa shape index (κ1) is 15.3. The molecule has 0 atom stereocenters. The summed E-state index contributed by atoms with van der Waals surface area (Å²) in [5.41, 5.74) is 1.74. The van der Waals surface area contributed by atoms with Gasteiger partial charge in [-0.3, -0.25) is 14.9 Å². The Morgan fingerprint density at radius 1 is 1.12 bits per heavy atom. The standard InChI is InChI=1S/C17H19N7O2/c25-13-7-9(15(26)21-13)6-10-8-18-24-14(10)22-16(19-11-2-1-3-11)23-17(24)20-12-4-5-12/h6,8,11-12H,1-5,7H2,(H,21,25,26)(H2,19,20,22,23)/b9-6+. The average molecular weight is 353 g/mol. The minimum atomic E-state index is -0.354. The number of nitrogens with one attached hydrogen (secondary N) is 3. The molecule has 3 heterocycles. The van der Waals surface area contributed by atoms with E-state index in [9.17, 15) is 9.59 Å². The molecule has 1 saturated heterocycles. The van der Waals surface area contributed by atoms with Crippen molar-refractivity contribution in [2.24, 2.45) is 0 Å². The molecule has 2 aromatic rings. The Kier molecular flexibility index (Phi) is 3.41. The van der Waals surface area contributed by atoms with Crippen LogP contribution < -0.4 is 16.0 Å². The second-order valence-electron chi connectivity index (χ2n) is 7.12. The molecule has 26 heavy (non-hydrogen) atoms. The number of rotatable bonds is 5. The van der Waals surface area contributed by atoms with Gasteiger partial charge in [-0.1, -0.05) is 0 Å². The van der Waals surface area contributed by atoms with Crippen molar-refractivity contribution in [2.45, 2.75) is 50.6 Å². The van der Waals surface area contributed by atoms with Crippen LogP contribution in [0.25, 0.3) is 11.7 Å². The van der Waals surface area contributed by atoms with E-state index < -0.39 is 0 Å². The quantitative estimate of drug-likeness (QED) is 0.545. The predicted octanol–water partition coefficient (Wildman–Crippen LogP) is 1.09. The number of amides is 2. The van der Waals surface area contributed by atoms with Gasteiger partial charge in [-0.25, -0.2) is 0 Å². The van der Waals surface area contributed by atoms with Gasteiger partial charge >= 0.3 is 0 Å². The molecule has 2 amide bonds. The summed E-state index contributed by atoms with van der Waals surface area (Å²) in [7, 11) is 0. The lowest BCUT2D eigenvalue weighted by atomic mass is 9.93. The van der Waals surface area contributed by atoms with Crippen molar-refractivity contribution in [2.75, 3.05) is 10.6 Å². The van der Waals surface area contributed by atoms with Crippen molar-refractivity contribution in [3.8, 4) is 0 Å². The van der Waals surface area contributed by atoms with Crippen LogP contribution in [-0.4, -0.2) is 43.5 Å². The summed E-state index contributed by atoms with van der Waals surface area (Å²) in [5, 5.41) is 13.4. The van der Waals surface area contributed by atoms with Crippen molar-refractivity contribution < 1.29 is 9.59 Å². The minimum absolute atomic E-state index is 0.0849. The van der Waals surface area contributed by atoms with Crippen LogP contribution >= 0.6 is 0 Å². The molecule has 2 aromatic heterocycles. The van der Waals surface area contributed by atoms with E-state index in [0.717, 1.165) is 25.7 Å². The van der Waals surface area contributed by atoms with Crippen LogP contribution in [0.3, 0.4) is 0 Å². The second-order valence-corrected chi connectivity index (χ2v) is 7.12. The number of fused-ring (bicyclic) bond motifs is 1. The Balaban J connectivity index is 1.55. The molecule has 9 heteroatoms. The van der Waals surface area contributed by atoms with Gasteiger partial charge in [0, 0.05) is 23.2 Å². The van der Waals surface area contributed by atoms with Crippen molar-refractivity contribution in [3.05, 3.63) is 17.3 Å². The monoisotopic (exact) mass is 353 g/mol. The Hall–Kier alpha value is -2.97. The van der Waals surface area contributed by atoms with Crippen LogP contribution in [0.4, 0.5) is 11.9 Å². The summed E-state index contributed by atoms with van der Waals surface area (Å²) in [5.74, 6) is 0.580. The predicted molar refractivity (Wildman–Crippen MR) is 94.4 cm³/mol. The second kappa shape index (κ2) is 5.79. The van der Waals surface area contributed by atoms with Gasteiger partial charge in [-0.2, -0.15) is 19.6 Å². The van der Waals surface area contributed by atoms with Gasteiger partial charge in [0.15, 0.2) is 5.65 Å². The van der Waals surface area contributed by atoms with E-state index in [2.05, 4.69) is 31.0 Å². The van der Waals surface area contributed by atoms with Crippen LogP contribution in [0.1, 0.15) is 44.1 Å². The number of carbonyl (C=O) groups excluding carboxylic acids is 2. The Morgan fingerprint density at radius 3 is 2.58 bits per heavy atom. The highest BCUT2D eigenvalue weighted by atomic mass is 16.2. The van der Waals surface area contributed by atoms with Crippen molar-refractivity contribution in [3.63, 3.8) is 0 Å². The fourth-order valence-electron chi connectivity index (χ4n) is 3.11. The van der Waals surface area contributed by atoms with E-state index in [1.807, 2.05) is 0 Å². The average Bonchev–Trinajstić information content (AvgIpc) is 3.20. The first-order valence-electron chi connectivity index (χ1n) is 8.99. The zero-order chi connectivity index (χ0) is 17.7. The molecule has 0 aromatic carbocycles. The highest BCUT2D eigenvalue weighted by Gasteiger charge is 2.27. The molecular weight excluding hydrogens is 334 g/mol. The lowest BCUT2D eigenvalue weighted by molar-refractivity contribution is -0.124. The molecule has 1 aliphatic heterocycles. The van der Waals surface area contributed by atoms with E-state index in [-0.39, 0.29) is 18.2 Å². The summed E-state index contributed by atoms with van der Waals surface area (Å²) in [6, 6.07) is 0.836. The molecule has 2 saturated carbocycles. The first-order valence-corrected chi connectivity index (χ1v) is 8.99. The van der Waals surface area contributed by atoms with E-state index in [1.165, 1.54) is 6.42 Å². The smallest absolute Gasteiger partial charge is 0.254 e. The molecular formula is C17H19N7O2. The Morgan fingerprint density at radius 2 is 1.92 bits per heavy atom. The fraction of sp³-hybridized carbons (Fsp3) is 0.471. The number of nitrogens with zero attached hydrogens (tertiary/aromatic N) is 4. The Bertz CT molecular complexity index is 940. The lowest BCUT2D eigenvalue weighted by Gasteiger charge is -2.26. The number of hydrogen-bond donors (Lipinski definition) is 3. The number of imide groups is 1. The molecule has 3 N–H and O–H groups in total. The highest BCUT2D eigenvalue weighted by molar-refractivity contribution is 6.15. The molecule has 0 spiro atoms. The largest absolute Gasteiger partial charge is 0.351 e. The van der Waals surface area contributed by atoms with E-state index in [4.69, 9.17) is 0 Å². The van der Waals surface area contributed by atoms with Gasteiger partial charge in [0.1, 0.15) is 0 Å². The van der Waals surface area contributed by atoms with Gasteiger partial charge in [0.25, 0.3) is 5.91 Å². The fourth-order valence-corrected chi connectivity index (χ4v) is 3.11. The maximum Gasteiger partial charge on any atom is 0.254 e. The maximum atomic E-state index is 11.8. The minimum Gasteiger partial charge on any atom is -0.351 e. The van der Waals surface area contributed by atoms with Gasteiger partial charge in [0.05, 0.1) is 12.6 Å². The third kappa shape index (κ3) is 2.79. The number of carbonyl (C=O) groups is 2. The molecule has 9 nitrogen and oxygen atoms in total. The van der Waals surface area contributed by atoms with Crippen LogP contribution in [0.15, 0.2) is 11.8 Å². The number of hydrogen-bond acceptors (Lipinski definition) is 7. The number of aromatic nitrogens is 4. The topological polar surface area (TPSA) is 113 Å². The van der Waals surface area contributed by atoms with Crippen LogP contribution in [-0.2, 0) is 9.59 Å². The molecule has 0 radical (unpaired) electrons. The molecule has 134 valence electrons. The summed E-state index contributed by atoms with van der Waals surface area (Å²) >= 11 is 0. The van der Waals surface area contributed by atoms with Gasteiger partial charge in [-0.05, 0) is 38.2 Å².